The van der Waals surface area contributed by atoms with Crippen LogP contribution < -0.4 is 0 Å². The minimum absolute atomic E-state index is 0.0369. The molecular weight excluding hydrogens is 164 g/mol. The molecule has 1 fully saturated rings. The Kier molecular flexibility index (Phi) is 1.68. The predicted molar refractivity (Wildman–Crippen MR) is 51.4 cm³/mol. The van der Waals surface area contributed by atoms with Gasteiger partial charge in [-0.05, 0) is 40.2 Å². The van der Waals surface area contributed by atoms with Crippen LogP contribution in [0, 0.1) is 0 Å². The highest BCUT2D eigenvalue weighted by atomic mass is 16.7. The second-order valence-electron chi connectivity index (χ2n) is 5.21. The van der Waals surface area contributed by atoms with Crippen LogP contribution in [0.4, 0.5) is 0 Å². The van der Waals surface area contributed by atoms with E-state index in [2.05, 4.69) is 39.8 Å². The maximum absolute atomic E-state index is 5.92. The molecule has 1 unspecified atom stereocenters. The van der Waals surface area contributed by atoms with Crippen molar-refractivity contribution >= 4 is 0 Å². The van der Waals surface area contributed by atoms with Gasteiger partial charge in [-0.25, -0.2) is 0 Å². The Morgan fingerprint density at radius 3 is 2.00 bits per heavy atom. The lowest BCUT2D eigenvalue weighted by atomic mass is 10.0. The summed E-state index contributed by atoms with van der Waals surface area (Å²) in [6, 6.07) is 0. The Labute approximate surface area is 79.9 Å². The molecule has 0 radical (unpaired) electrons. The summed E-state index contributed by atoms with van der Waals surface area (Å²) >= 11 is 0. The molecule has 0 bridgehead atoms. The van der Waals surface area contributed by atoms with E-state index in [1.807, 2.05) is 0 Å². The first-order valence-electron chi connectivity index (χ1n) is 4.93. The average molecular weight is 182 g/mol. The normalized spacial score (nSPS) is 40.3. The minimum Gasteiger partial charge on any atom is -0.340 e. The van der Waals surface area contributed by atoms with Crippen molar-refractivity contribution in [1.29, 1.82) is 0 Å². The largest absolute Gasteiger partial charge is 0.340 e. The Hall–Kier alpha value is -0.340. The number of ether oxygens (including phenoxy) is 2. The summed E-state index contributed by atoms with van der Waals surface area (Å²) in [4.78, 5) is 0. The topological polar surface area (TPSA) is 18.5 Å². The van der Waals surface area contributed by atoms with E-state index in [0.717, 1.165) is 12.8 Å². The minimum atomic E-state index is -0.424. The quantitative estimate of drug-likeness (QED) is 0.536. The van der Waals surface area contributed by atoms with Crippen LogP contribution in [0.2, 0.25) is 0 Å². The van der Waals surface area contributed by atoms with Crippen LogP contribution in [0.15, 0.2) is 12.2 Å². The van der Waals surface area contributed by atoms with Crippen molar-refractivity contribution in [3.05, 3.63) is 12.2 Å². The van der Waals surface area contributed by atoms with Crippen LogP contribution in [-0.2, 0) is 9.47 Å². The maximum Gasteiger partial charge on any atom is 0.189 e. The SMILES string of the molecule is CC1(C)C=CC2(CCC(C)(C)O2)O1. The molecule has 1 atom stereocenters. The van der Waals surface area contributed by atoms with Crippen molar-refractivity contribution in [2.45, 2.75) is 57.5 Å². The van der Waals surface area contributed by atoms with Crippen molar-refractivity contribution in [3.8, 4) is 0 Å². The molecule has 13 heavy (non-hydrogen) atoms. The summed E-state index contributed by atoms with van der Waals surface area (Å²) in [6.07, 6.45) is 6.20. The first-order chi connectivity index (χ1) is 5.83. The van der Waals surface area contributed by atoms with E-state index >= 15 is 0 Å². The molecule has 0 saturated carbocycles. The molecule has 0 aromatic carbocycles. The Morgan fingerprint density at radius 1 is 0.923 bits per heavy atom. The highest BCUT2D eigenvalue weighted by Gasteiger charge is 2.49. The van der Waals surface area contributed by atoms with Gasteiger partial charge in [0.05, 0.1) is 11.2 Å². The molecule has 1 saturated heterocycles. The van der Waals surface area contributed by atoms with Gasteiger partial charge in [0.2, 0.25) is 0 Å². The molecule has 0 amide bonds. The standard InChI is InChI=1S/C11H18O2/c1-9(2)5-7-11(12-9)8-6-10(3,4)13-11/h5,7H,6,8H2,1-4H3. The summed E-state index contributed by atoms with van der Waals surface area (Å²) < 4.78 is 11.8. The molecule has 2 nitrogen and oxygen atoms in total. The number of rotatable bonds is 0. The van der Waals surface area contributed by atoms with Crippen molar-refractivity contribution in [3.63, 3.8) is 0 Å². The molecule has 0 aromatic heterocycles. The fourth-order valence-electron chi connectivity index (χ4n) is 2.08. The summed E-state index contributed by atoms with van der Waals surface area (Å²) in [5, 5.41) is 0. The third-order valence-electron chi connectivity index (χ3n) is 2.70. The smallest absolute Gasteiger partial charge is 0.189 e. The van der Waals surface area contributed by atoms with E-state index in [1.165, 1.54) is 0 Å². The molecule has 0 aliphatic carbocycles. The second-order valence-corrected chi connectivity index (χ2v) is 5.21. The molecule has 2 heterocycles. The van der Waals surface area contributed by atoms with Crippen LogP contribution in [0.5, 0.6) is 0 Å². The zero-order valence-corrected chi connectivity index (χ0v) is 8.89. The van der Waals surface area contributed by atoms with Crippen LogP contribution in [0.3, 0.4) is 0 Å². The predicted octanol–water partition coefficient (Wildman–Crippen LogP) is 2.64. The molecule has 74 valence electrons. The summed E-state index contributed by atoms with van der Waals surface area (Å²) in [6.45, 7) is 8.36. The third-order valence-corrected chi connectivity index (χ3v) is 2.70. The summed E-state index contributed by atoms with van der Waals surface area (Å²) in [7, 11) is 0. The van der Waals surface area contributed by atoms with Crippen molar-refractivity contribution in [1.82, 2.24) is 0 Å². The monoisotopic (exact) mass is 182 g/mol. The molecule has 1 spiro atoms. The van der Waals surface area contributed by atoms with Gasteiger partial charge in [-0.3, -0.25) is 0 Å². The van der Waals surface area contributed by atoms with Crippen LogP contribution >= 0.6 is 0 Å². The van der Waals surface area contributed by atoms with Gasteiger partial charge in [-0.2, -0.15) is 0 Å². The van der Waals surface area contributed by atoms with Crippen LogP contribution in [0.1, 0.15) is 40.5 Å². The average Bonchev–Trinajstić information content (AvgIpc) is 2.37. The molecule has 2 rings (SSSR count). The lowest BCUT2D eigenvalue weighted by Gasteiger charge is -2.29. The zero-order valence-electron chi connectivity index (χ0n) is 8.89. The fraction of sp³-hybridized carbons (Fsp3) is 0.818. The highest BCUT2D eigenvalue weighted by Crippen LogP contribution is 2.45. The first kappa shape index (κ1) is 9.22. The van der Waals surface area contributed by atoms with E-state index in [0.29, 0.717) is 0 Å². The van der Waals surface area contributed by atoms with Crippen LogP contribution in [-0.4, -0.2) is 17.0 Å². The molecule has 2 aliphatic rings. The second kappa shape index (κ2) is 2.37. The van der Waals surface area contributed by atoms with Gasteiger partial charge in [0.25, 0.3) is 0 Å². The van der Waals surface area contributed by atoms with Gasteiger partial charge >= 0.3 is 0 Å². The molecule has 0 N–H and O–H groups in total. The van der Waals surface area contributed by atoms with Crippen molar-refractivity contribution < 1.29 is 9.47 Å². The molecule has 2 aliphatic heterocycles. The van der Waals surface area contributed by atoms with Gasteiger partial charge in [0.15, 0.2) is 5.79 Å². The van der Waals surface area contributed by atoms with Gasteiger partial charge in [0, 0.05) is 6.42 Å². The van der Waals surface area contributed by atoms with E-state index in [1.54, 1.807) is 0 Å². The van der Waals surface area contributed by atoms with E-state index in [-0.39, 0.29) is 11.2 Å². The molecule has 0 aromatic rings. The Bertz CT molecular complexity index is 253. The Morgan fingerprint density at radius 2 is 1.62 bits per heavy atom. The van der Waals surface area contributed by atoms with E-state index in [4.69, 9.17) is 9.47 Å². The zero-order chi connectivity index (χ0) is 9.74. The maximum atomic E-state index is 5.92. The molecular formula is C11H18O2. The third kappa shape index (κ3) is 1.65. The number of hydrogen-bond acceptors (Lipinski definition) is 2. The van der Waals surface area contributed by atoms with Crippen molar-refractivity contribution in [2.75, 3.05) is 0 Å². The summed E-state index contributed by atoms with van der Waals surface area (Å²) in [5.41, 5.74) is -0.203. The van der Waals surface area contributed by atoms with E-state index in [9.17, 15) is 0 Å². The van der Waals surface area contributed by atoms with Gasteiger partial charge in [-0.1, -0.05) is 6.08 Å². The highest BCUT2D eigenvalue weighted by molar-refractivity contribution is 5.14. The summed E-state index contributed by atoms with van der Waals surface area (Å²) in [5.74, 6) is -0.424. The Balaban J connectivity index is 2.16. The van der Waals surface area contributed by atoms with Gasteiger partial charge in [0.1, 0.15) is 0 Å². The van der Waals surface area contributed by atoms with Gasteiger partial charge in [-0.15, -0.1) is 0 Å². The lowest BCUT2D eigenvalue weighted by molar-refractivity contribution is -0.235. The lowest BCUT2D eigenvalue weighted by Crippen LogP contribution is -2.35. The van der Waals surface area contributed by atoms with E-state index < -0.39 is 5.79 Å². The van der Waals surface area contributed by atoms with Crippen LogP contribution in [0.25, 0.3) is 0 Å². The van der Waals surface area contributed by atoms with Gasteiger partial charge < -0.3 is 9.47 Å². The first-order valence-corrected chi connectivity index (χ1v) is 4.93. The van der Waals surface area contributed by atoms with Crippen molar-refractivity contribution in [2.24, 2.45) is 0 Å². The number of hydrogen-bond donors (Lipinski definition) is 0. The fourth-order valence-corrected chi connectivity index (χ4v) is 2.08. The molecule has 2 heteroatoms.